The van der Waals surface area contributed by atoms with Crippen LogP contribution in [0.1, 0.15) is 12.7 Å². The first kappa shape index (κ1) is 13.2. The van der Waals surface area contributed by atoms with Crippen LogP contribution in [0.15, 0.2) is 11.1 Å². The van der Waals surface area contributed by atoms with E-state index in [2.05, 4.69) is 15.3 Å². The number of ether oxygens (including phenoxy) is 1. The number of hydrogen-bond acceptors (Lipinski definition) is 6. The Morgan fingerprint density at radius 3 is 2.94 bits per heavy atom. The Balaban J connectivity index is 2.80. The lowest BCUT2D eigenvalue weighted by atomic mass is 10.5. The van der Waals surface area contributed by atoms with Gasteiger partial charge in [0.2, 0.25) is 0 Å². The highest BCUT2D eigenvalue weighted by Crippen LogP contribution is 2.18. The van der Waals surface area contributed by atoms with Crippen LogP contribution >= 0.6 is 11.8 Å². The van der Waals surface area contributed by atoms with E-state index in [0.717, 1.165) is 17.4 Å². The van der Waals surface area contributed by atoms with Crippen LogP contribution in [0.3, 0.4) is 0 Å². The number of anilines is 1. The fraction of sp³-hybridized carbons (Fsp3) is 0.600. The van der Waals surface area contributed by atoms with Crippen molar-refractivity contribution >= 4 is 17.6 Å². The molecule has 1 rings (SSSR count). The maximum Gasteiger partial charge on any atom is 0.157 e. The van der Waals surface area contributed by atoms with Gasteiger partial charge >= 0.3 is 0 Å². The Bertz CT molecular complexity index is 299. The molecule has 0 aliphatic carbocycles. The van der Waals surface area contributed by atoms with E-state index in [0.29, 0.717) is 18.2 Å². The predicted octanol–water partition coefficient (Wildman–Crippen LogP) is 1.14. The first-order chi connectivity index (χ1) is 7.80. The fourth-order valence-corrected chi connectivity index (χ4v) is 1.83. The van der Waals surface area contributed by atoms with Gasteiger partial charge in [0.05, 0.1) is 6.61 Å². The minimum Gasteiger partial charge on any atom is -0.396 e. The standard InChI is InChI=1S/C10H17N3O2S/c1-3-11-8-6-10(16-5-4-14)13-9(12-8)7-15-2/h6,14H,3-5,7H2,1-2H3,(H,11,12,13). The largest absolute Gasteiger partial charge is 0.396 e. The summed E-state index contributed by atoms with van der Waals surface area (Å²) in [6.07, 6.45) is 0. The molecule has 2 N–H and O–H groups in total. The molecule has 0 atom stereocenters. The fourth-order valence-electron chi connectivity index (χ4n) is 1.16. The van der Waals surface area contributed by atoms with E-state index in [1.807, 2.05) is 13.0 Å². The van der Waals surface area contributed by atoms with Gasteiger partial charge in [0.25, 0.3) is 0 Å². The van der Waals surface area contributed by atoms with Crippen molar-refractivity contribution in [3.8, 4) is 0 Å². The minimum atomic E-state index is 0.144. The predicted molar refractivity (Wildman–Crippen MR) is 64.7 cm³/mol. The molecule has 90 valence electrons. The topological polar surface area (TPSA) is 67.3 Å². The van der Waals surface area contributed by atoms with Crippen LogP contribution < -0.4 is 5.32 Å². The Labute approximate surface area is 99.6 Å². The molecule has 1 aromatic rings. The number of aromatic nitrogens is 2. The maximum absolute atomic E-state index is 8.77. The van der Waals surface area contributed by atoms with Crippen molar-refractivity contribution < 1.29 is 9.84 Å². The second-order valence-electron chi connectivity index (χ2n) is 3.04. The minimum absolute atomic E-state index is 0.144. The Morgan fingerprint density at radius 2 is 2.31 bits per heavy atom. The maximum atomic E-state index is 8.77. The van der Waals surface area contributed by atoms with Crippen molar-refractivity contribution in [3.05, 3.63) is 11.9 Å². The van der Waals surface area contributed by atoms with Crippen LogP contribution in [0.2, 0.25) is 0 Å². The van der Waals surface area contributed by atoms with E-state index in [4.69, 9.17) is 9.84 Å². The van der Waals surface area contributed by atoms with Crippen LogP contribution in [0, 0.1) is 0 Å². The van der Waals surface area contributed by atoms with Gasteiger partial charge in [-0.05, 0) is 6.92 Å². The van der Waals surface area contributed by atoms with Crippen LogP contribution in [0.25, 0.3) is 0 Å². The molecule has 6 heteroatoms. The van der Waals surface area contributed by atoms with Gasteiger partial charge in [0, 0.05) is 25.5 Å². The summed E-state index contributed by atoms with van der Waals surface area (Å²) in [6.45, 7) is 3.36. The summed E-state index contributed by atoms with van der Waals surface area (Å²) >= 11 is 1.50. The zero-order valence-electron chi connectivity index (χ0n) is 9.56. The molecule has 0 saturated carbocycles. The molecule has 0 radical (unpaired) electrons. The smallest absolute Gasteiger partial charge is 0.157 e. The van der Waals surface area contributed by atoms with Crippen molar-refractivity contribution in [2.45, 2.75) is 18.6 Å². The summed E-state index contributed by atoms with van der Waals surface area (Å²) in [7, 11) is 1.61. The van der Waals surface area contributed by atoms with E-state index >= 15 is 0 Å². The van der Waals surface area contributed by atoms with Gasteiger partial charge in [-0.3, -0.25) is 0 Å². The lowest BCUT2D eigenvalue weighted by Crippen LogP contribution is -2.05. The first-order valence-electron chi connectivity index (χ1n) is 5.14. The van der Waals surface area contributed by atoms with Crippen molar-refractivity contribution in [2.24, 2.45) is 0 Å². The van der Waals surface area contributed by atoms with Crippen molar-refractivity contribution in [1.29, 1.82) is 0 Å². The SMILES string of the molecule is CCNc1cc(SCCO)nc(COC)n1. The van der Waals surface area contributed by atoms with Crippen molar-refractivity contribution in [2.75, 3.05) is 31.3 Å². The molecule has 1 heterocycles. The molecule has 0 bridgehead atoms. The highest BCUT2D eigenvalue weighted by molar-refractivity contribution is 7.99. The molecule has 16 heavy (non-hydrogen) atoms. The quantitative estimate of drug-likeness (QED) is 0.553. The highest BCUT2D eigenvalue weighted by atomic mass is 32.2. The Kier molecular flexibility index (Phi) is 6.14. The normalized spacial score (nSPS) is 10.4. The number of aliphatic hydroxyl groups excluding tert-OH is 1. The molecule has 0 amide bonds. The number of hydrogen-bond donors (Lipinski definition) is 2. The van der Waals surface area contributed by atoms with Gasteiger partial charge in [-0.1, -0.05) is 0 Å². The molecule has 0 aliphatic rings. The molecular formula is C10H17N3O2S. The zero-order chi connectivity index (χ0) is 11.8. The third-order valence-corrected chi connectivity index (χ3v) is 2.61. The van der Waals surface area contributed by atoms with E-state index in [1.54, 1.807) is 7.11 Å². The number of nitrogens with one attached hydrogen (secondary N) is 1. The highest BCUT2D eigenvalue weighted by Gasteiger charge is 2.04. The van der Waals surface area contributed by atoms with Gasteiger partial charge < -0.3 is 15.2 Å². The molecule has 1 aromatic heterocycles. The summed E-state index contributed by atoms with van der Waals surface area (Å²) in [5.74, 6) is 2.08. The molecule has 5 nitrogen and oxygen atoms in total. The summed E-state index contributed by atoms with van der Waals surface area (Å²) in [5, 5.41) is 12.8. The molecule has 0 spiro atoms. The van der Waals surface area contributed by atoms with Gasteiger partial charge in [-0.2, -0.15) is 0 Å². The Hall–Kier alpha value is -0.850. The lowest BCUT2D eigenvalue weighted by Gasteiger charge is -2.07. The molecule has 0 fully saturated rings. The van der Waals surface area contributed by atoms with Gasteiger partial charge in [-0.15, -0.1) is 11.8 Å². The summed E-state index contributed by atoms with van der Waals surface area (Å²) < 4.78 is 5.01. The molecule has 0 aromatic carbocycles. The number of aliphatic hydroxyl groups is 1. The average molecular weight is 243 g/mol. The van der Waals surface area contributed by atoms with Gasteiger partial charge in [0.1, 0.15) is 17.5 Å². The van der Waals surface area contributed by atoms with Gasteiger partial charge in [0.15, 0.2) is 5.82 Å². The number of methoxy groups -OCH3 is 1. The number of nitrogens with zero attached hydrogens (tertiary/aromatic N) is 2. The molecule has 0 aliphatic heterocycles. The Morgan fingerprint density at radius 1 is 1.50 bits per heavy atom. The van der Waals surface area contributed by atoms with E-state index in [9.17, 15) is 0 Å². The third-order valence-electron chi connectivity index (χ3n) is 1.72. The van der Waals surface area contributed by atoms with Crippen LogP contribution in [-0.2, 0) is 11.3 Å². The van der Waals surface area contributed by atoms with Crippen molar-refractivity contribution in [3.63, 3.8) is 0 Å². The van der Waals surface area contributed by atoms with Crippen LogP contribution in [0.4, 0.5) is 5.82 Å². The summed E-state index contributed by atoms with van der Waals surface area (Å²) in [6, 6.07) is 1.88. The zero-order valence-corrected chi connectivity index (χ0v) is 10.4. The third kappa shape index (κ3) is 4.34. The average Bonchev–Trinajstić information content (AvgIpc) is 2.27. The number of rotatable bonds is 7. The number of thioether (sulfide) groups is 1. The second kappa shape index (κ2) is 7.43. The lowest BCUT2D eigenvalue weighted by molar-refractivity contribution is 0.177. The second-order valence-corrected chi connectivity index (χ2v) is 4.16. The van der Waals surface area contributed by atoms with Crippen LogP contribution in [-0.4, -0.2) is 41.1 Å². The van der Waals surface area contributed by atoms with Crippen molar-refractivity contribution in [1.82, 2.24) is 9.97 Å². The molecular weight excluding hydrogens is 226 g/mol. The first-order valence-corrected chi connectivity index (χ1v) is 6.13. The summed E-state index contributed by atoms with van der Waals surface area (Å²) in [4.78, 5) is 8.62. The van der Waals surface area contributed by atoms with Crippen LogP contribution in [0.5, 0.6) is 0 Å². The van der Waals surface area contributed by atoms with E-state index < -0.39 is 0 Å². The summed E-state index contributed by atoms with van der Waals surface area (Å²) in [5.41, 5.74) is 0. The molecule has 0 saturated heterocycles. The monoisotopic (exact) mass is 243 g/mol. The van der Waals surface area contributed by atoms with E-state index in [-0.39, 0.29) is 6.61 Å². The van der Waals surface area contributed by atoms with Gasteiger partial charge in [-0.25, -0.2) is 9.97 Å². The molecule has 0 unspecified atom stereocenters. The van der Waals surface area contributed by atoms with E-state index in [1.165, 1.54) is 11.8 Å².